The first-order valence-corrected chi connectivity index (χ1v) is 11.1. The largest absolute Gasteiger partial charge is 0.466 e. The monoisotopic (exact) mass is 388 g/mol. The number of ether oxygens (including phenoxy) is 1. The number of hydrogen-bond acceptors (Lipinski definition) is 4. The topological polar surface area (TPSA) is 60.4 Å². The lowest BCUT2D eigenvalue weighted by molar-refractivity contribution is -0.145. The van der Waals surface area contributed by atoms with Gasteiger partial charge in [0.2, 0.25) is 0 Å². The van der Waals surface area contributed by atoms with Gasteiger partial charge in [0.1, 0.15) is 11.6 Å². The fourth-order valence-corrected chi connectivity index (χ4v) is 4.61. The van der Waals surface area contributed by atoms with Crippen LogP contribution < -0.4 is 0 Å². The summed E-state index contributed by atoms with van der Waals surface area (Å²) in [6.45, 7) is 4.54. The molecule has 2 unspecified atom stereocenters. The fraction of sp³-hybridized carbons (Fsp3) is 0.708. The molecule has 2 rings (SSSR count). The van der Waals surface area contributed by atoms with Crippen molar-refractivity contribution in [1.29, 1.82) is 0 Å². The average molecular weight is 389 g/mol. The molecule has 156 valence electrons. The van der Waals surface area contributed by atoms with Crippen LogP contribution in [0.1, 0.15) is 78.1 Å². The van der Waals surface area contributed by atoms with E-state index in [1.165, 1.54) is 0 Å². The van der Waals surface area contributed by atoms with Gasteiger partial charge in [0.25, 0.3) is 0 Å². The molecule has 0 aliphatic heterocycles. The van der Waals surface area contributed by atoms with Crippen molar-refractivity contribution in [2.75, 3.05) is 6.61 Å². The normalized spacial score (nSPS) is 28.1. The van der Waals surface area contributed by atoms with E-state index in [4.69, 9.17) is 4.74 Å². The minimum Gasteiger partial charge on any atom is -0.466 e. The number of hydrogen-bond donors (Lipinski definition) is 0. The summed E-state index contributed by atoms with van der Waals surface area (Å²) in [5.74, 6) is 0.927. The van der Waals surface area contributed by atoms with Gasteiger partial charge in [-0.1, -0.05) is 38.2 Å². The minimum atomic E-state index is -0.198. The molecule has 0 radical (unpaired) electrons. The highest BCUT2D eigenvalue weighted by atomic mass is 16.5. The van der Waals surface area contributed by atoms with Crippen molar-refractivity contribution in [3.63, 3.8) is 0 Å². The van der Waals surface area contributed by atoms with E-state index in [0.29, 0.717) is 37.6 Å². The van der Waals surface area contributed by atoms with E-state index < -0.39 is 0 Å². The Bertz CT molecular complexity index is 589. The zero-order valence-corrected chi connectivity index (χ0v) is 17.5. The molecule has 0 saturated heterocycles. The summed E-state index contributed by atoms with van der Waals surface area (Å²) in [7, 11) is 0. The van der Waals surface area contributed by atoms with Crippen molar-refractivity contribution in [3.8, 4) is 0 Å². The van der Waals surface area contributed by atoms with Crippen molar-refractivity contribution in [3.05, 3.63) is 24.3 Å². The van der Waals surface area contributed by atoms with Gasteiger partial charge in [-0.25, -0.2) is 0 Å². The molecule has 0 bridgehead atoms. The van der Waals surface area contributed by atoms with Gasteiger partial charge in [-0.15, -0.1) is 0 Å². The molecule has 2 saturated carbocycles. The fourth-order valence-electron chi connectivity index (χ4n) is 4.61. The van der Waals surface area contributed by atoms with E-state index in [-0.39, 0.29) is 29.5 Å². The first-order valence-electron chi connectivity index (χ1n) is 11.1. The average Bonchev–Trinajstić information content (AvgIpc) is 3.19. The molecule has 4 heteroatoms. The Hall–Kier alpha value is -1.71. The number of esters is 1. The third kappa shape index (κ3) is 6.72. The van der Waals surface area contributed by atoms with Crippen LogP contribution in [0, 0.1) is 23.7 Å². The molecule has 0 spiro atoms. The number of carbonyl (C=O) groups excluding carboxylic acids is 3. The van der Waals surface area contributed by atoms with Crippen LogP contribution in [0.4, 0.5) is 0 Å². The van der Waals surface area contributed by atoms with Crippen LogP contribution in [0.15, 0.2) is 24.3 Å². The highest BCUT2D eigenvalue weighted by Gasteiger charge is 2.36. The maximum atomic E-state index is 12.3. The lowest BCUT2D eigenvalue weighted by Crippen LogP contribution is -2.20. The molecule has 0 aromatic rings. The van der Waals surface area contributed by atoms with E-state index in [1.54, 1.807) is 0 Å². The second kappa shape index (κ2) is 12.0. The van der Waals surface area contributed by atoms with Crippen LogP contribution in [0.5, 0.6) is 0 Å². The summed E-state index contributed by atoms with van der Waals surface area (Å²) in [6, 6.07) is 0. The summed E-state index contributed by atoms with van der Waals surface area (Å²) < 4.78 is 5.49. The molecular weight excluding hydrogens is 352 g/mol. The van der Waals surface area contributed by atoms with Crippen LogP contribution in [0.3, 0.4) is 0 Å². The van der Waals surface area contributed by atoms with E-state index in [9.17, 15) is 14.4 Å². The Kier molecular flexibility index (Phi) is 9.66. The zero-order valence-electron chi connectivity index (χ0n) is 17.5. The Morgan fingerprint density at radius 1 is 0.893 bits per heavy atom. The van der Waals surface area contributed by atoms with Crippen LogP contribution in [0.25, 0.3) is 0 Å². The van der Waals surface area contributed by atoms with Crippen LogP contribution in [-0.2, 0) is 19.1 Å². The van der Waals surface area contributed by atoms with E-state index in [0.717, 1.165) is 44.9 Å². The number of ketones is 2. The van der Waals surface area contributed by atoms with Crippen LogP contribution >= 0.6 is 0 Å². The van der Waals surface area contributed by atoms with Gasteiger partial charge in [0.05, 0.1) is 6.61 Å². The van der Waals surface area contributed by atoms with Crippen molar-refractivity contribution in [2.24, 2.45) is 23.7 Å². The summed E-state index contributed by atoms with van der Waals surface area (Å²) in [4.78, 5) is 36.5. The number of Topliss-reactive ketones (excluding diaryl/α,β-unsaturated/α-hetero) is 2. The standard InChI is InChI=1S/C24H36O4/c1-3-5-7-9-20-18(11-13-22(20)25)15-16-28-24(27)17-19-12-14-23(26)21(19)10-8-6-4-2/h5-8,18-21H,3-4,9-17H2,1-2H3/b7-5-,8-6-/t18?,19-,20?,21-/m1/s1. The van der Waals surface area contributed by atoms with E-state index >= 15 is 0 Å². The van der Waals surface area contributed by atoms with Gasteiger partial charge < -0.3 is 4.74 Å². The van der Waals surface area contributed by atoms with Gasteiger partial charge in [0, 0.05) is 31.1 Å². The highest BCUT2D eigenvalue weighted by Crippen LogP contribution is 2.35. The first-order chi connectivity index (χ1) is 13.6. The van der Waals surface area contributed by atoms with Crippen molar-refractivity contribution < 1.29 is 19.1 Å². The summed E-state index contributed by atoms with van der Waals surface area (Å²) in [6.07, 6.45) is 15.9. The van der Waals surface area contributed by atoms with E-state index in [1.807, 2.05) is 0 Å². The lowest BCUT2D eigenvalue weighted by Gasteiger charge is -2.18. The van der Waals surface area contributed by atoms with Crippen molar-refractivity contribution in [2.45, 2.75) is 78.1 Å². The third-order valence-corrected chi connectivity index (χ3v) is 6.25. The number of rotatable bonds is 11. The number of allylic oxidation sites excluding steroid dienone is 4. The molecule has 0 amide bonds. The Balaban J connectivity index is 1.74. The highest BCUT2D eigenvalue weighted by molar-refractivity contribution is 5.85. The van der Waals surface area contributed by atoms with Gasteiger partial charge >= 0.3 is 5.97 Å². The first kappa shape index (κ1) is 22.6. The Morgan fingerprint density at radius 3 is 2.00 bits per heavy atom. The molecule has 0 N–H and O–H groups in total. The lowest BCUT2D eigenvalue weighted by atomic mass is 9.89. The second-order valence-corrected chi connectivity index (χ2v) is 8.19. The molecule has 0 aromatic heterocycles. The maximum absolute atomic E-state index is 12.3. The van der Waals surface area contributed by atoms with E-state index in [2.05, 4.69) is 38.2 Å². The third-order valence-electron chi connectivity index (χ3n) is 6.25. The van der Waals surface area contributed by atoms with Gasteiger partial charge in [-0.05, 0) is 56.8 Å². The smallest absolute Gasteiger partial charge is 0.306 e. The maximum Gasteiger partial charge on any atom is 0.306 e. The summed E-state index contributed by atoms with van der Waals surface area (Å²) in [5, 5.41) is 0. The minimum absolute atomic E-state index is 0.0301. The van der Waals surface area contributed by atoms with Crippen LogP contribution in [-0.4, -0.2) is 24.1 Å². The molecule has 4 atom stereocenters. The molecule has 4 nitrogen and oxygen atoms in total. The van der Waals surface area contributed by atoms with Crippen molar-refractivity contribution in [1.82, 2.24) is 0 Å². The van der Waals surface area contributed by atoms with Gasteiger partial charge in [-0.2, -0.15) is 0 Å². The SMILES string of the molecule is CC/C=C\CC1C(=O)CCC1CCOC(=O)C[C@H]1CCC(=O)[C@@H]1C/C=C\CC. The molecule has 2 aliphatic carbocycles. The second-order valence-electron chi connectivity index (χ2n) is 8.19. The molecule has 2 fully saturated rings. The Labute approximate surface area is 169 Å². The zero-order chi connectivity index (χ0) is 20.4. The molecule has 28 heavy (non-hydrogen) atoms. The predicted molar refractivity (Wildman–Crippen MR) is 111 cm³/mol. The Morgan fingerprint density at radius 2 is 1.43 bits per heavy atom. The van der Waals surface area contributed by atoms with Crippen LogP contribution in [0.2, 0.25) is 0 Å². The quantitative estimate of drug-likeness (QED) is 0.360. The molecule has 0 aromatic carbocycles. The summed E-state index contributed by atoms with van der Waals surface area (Å²) in [5.41, 5.74) is 0. The van der Waals surface area contributed by atoms with Gasteiger partial charge in [-0.3, -0.25) is 14.4 Å². The molecule has 0 heterocycles. The molecule has 2 aliphatic rings. The number of carbonyl (C=O) groups is 3. The van der Waals surface area contributed by atoms with Gasteiger partial charge in [0.15, 0.2) is 0 Å². The summed E-state index contributed by atoms with van der Waals surface area (Å²) >= 11 is 0. The van der Waals surface area contributed by atoms with Crippen molar-refractivity contribution >= 4 is 17.5 Å². The molecular formula is C24H36O4. The predicted octanol–water partition coefficient (Wildman–Crippen LogP) is 5.21.